The van der Waals surface area contributed by atoms with Crippen LogP contribution in [0.15, 0.2) is 12.2 Å². The van der Waals surface area contributed by atoms with Gasteiger partial charge in [-0.25, -0.2) is 0 Å². The molecule has 1 aliphatic rings. The topological polar surface area (TPSA) is 54.4 Å². The van der Waals surface area contributed by atoms with E-state index in [0.29, 0.717) is 0 Å². The molecule has 0 aromatic rings. The van der Waals surface area contributed by atoms with Crippen molar-refractivity contribution in [2.45, 2.75) is 18.9 Å². The van der Waals surface area contributed by atoms with Crippen LogP contribution < -0.4 is 0 Å². The molecule has 1 atom stereocenters. The highest BCUT2D eigenvalue weighted by atomic mass is 16.3. The van der Waals surface area contributed by atoms with Crippen LogP contribution in [0.1, 0.15) is 13.3 Å². The van der Waals surface area contributed by atoms with Crippen LogP contribution in [0.25, 0.3) is 0 Å². The fraction of sp³-hybridized carbons (Fsp3) is 0.429. The third kappa shape index (κ3) is 0.789. The Morgan fingerprint density at radius 1 is 1.80 bits per heavy atom. The normalized spacial score (nSPS) is 31.2. The van der Waals surface area contributed by atoms with Crippen molar-refractivity contribution in [1.29, 1.82) is 0 Å². The van der Waals surface area contributed by atoms with Gasteiger partial charge in [0, 0.05) is 6.42 Å². The second-order valence-electron chi connectivity index (χ2n) is 2.39. The Hall–Kier alpha value is -0.960. The lowest BCUT2D eigenvalue weighted by Crippen LogP contribution is -2.41. The van der Waals surface area contributed by atoms with E-state index in [-0.39, 0.29) is 6.42 Å². The number of ketones is 2. The molecule has 0 saturated heterocycles. The van der Waals surface area contributed by atoms with Crippen LogP contribution in [0.2, 0.25) is 0 Å². The molecule has 54 valence electrons. The van der Waals surface area contributed by atoms with Crippen molar-refractivity contribution in [1.82, 2.24) is 0 Å². The van der Waals surface area contributed by atoms with E-state index in [1.54, 1.807) is 0 Å². The molecule has 0 bridgehead atoms. The molecule has 1 N–H and O–H groups in total. The zero-order valence-corrected chi connectivity index (χ0v) is 5.63. The van der Waals surface area contributed by atoms with Gasteiger partial charge in [0.25, 0.3) is 0 Å². The van der Waals surface area contributed by atoms with Gasteiger partial charge in [-0.3, -0.25) is 9.59 Å². The van der Waals surface area contributed by atoms with E-state index >= 15 is 0 Å². The maximum atomic E-state index is 10.8. The quantitative estimate of drug-likeness (QED) is 0.515. The van der Waals surface area contributed by atoms with Crippen molar-refractivity contribution in [3.05, 3.63) is 12.2 Å². The minimum Gasteiger partial charge on any atom is -0.374 e. The lowest BCUT2D eigenvalue weighted by Gasteiger charge is -2.15. The van der Waals surface area contributed by atoms with Crippen LogP contribution in [0, 0.1) is 0 Å². The molecular weight excluding hydrogens is 132 g/mol. The van der Waals surface area contributed by atoms with Crippen molar-refractivity contribution in [2.24, 2.45) is 0 Å². The minimum absolute atomic E-state index is 0.126. The molecule has 0 spiro atoms. The van der Waals surface area contributed by atoms with Gasteiger partial charge >= 0.3 is 0 Å². The van der Waals surface area contributed by atoms with Gasteiger partial charge in [-0.05, 0) is 13.0 Å². The smallest absolute Gasteiger partial charge is 0.194 e. The fourth-order valence-corrected chi connectivity index (χ4v) is 0.892. The Bertz CT molecular complexity index is 217. The Labute approximate surface area is 58.4 Å². The van der Waals surface area contributed by atoms with Crippen LogP contribution >= 0.6 is 0 Å². The number of hydrogen-bond donors (Lipinski definition) is 1. The second kappa shape index (κ2) is 2.02. The van der Waals surface area contributed by atoms with Crippen molar-refractivity contribution in [3.8, 4) is 0 Å². The van der Waals surface area contributed by atoms with E-state index in [0.717, 1.165) is 0 Å². The summed E-state index contributed by atoms with van der Waals surface area (Å²) in [5.41, 5.74) is -1.74. The van der Waals surface area contributed by atoms with Crippen molar-refractivity contribution < 1.29 is 14.7 Å². The van der Waals surface area contributed by atoms with E-state index in [9.17, 15) is 14.7 Å². The first-order valence-corrected chi connectivity index (χ1v) is 3.02. The molecule has 0 fully saturated rings. The van der Waals surface area contributed by atoms with Gasteiger partial charge in [0.2, 0.25) is 0 Å². The van der Waals surface area contributed by atoms with Crippen molar-refractivity contribution in [2.75, 3.05) is 0 Å². The number of carbonyl (C=O) groups excluding carboxylic acids is 2. The van der Waals surface area contributed by atoms with Gasteiger partial charge < -0.3 is 5.11 Å². The summed E-state index contributed by atoms with van der Waals surface area (Å²) in [5, 5.41) is 9.28. The third-order valence-electron chi connectivity index (χ3n) is 1.67. The summed E-state index contributed by atoms with van der Waals surface area (Å²) in [6.07, 6.45) is 2.87. The fourth-order valence-electron chi connectivity index (χ4n) is 0.892. The first-order chi connectivity index (χ1) is 4.57. The standard InChI is InChI=1S/C7H8O3/c1-5(8)7(10)4-2-3-6(7)9/h2-3,10H,4H2,1H3/t7-/m1/s1. The van der Waals surface area contributed by atoms with Gasteiger partial charge in [-0.2, -0.15) is 0 Å². The van der Waals surface area contributed by atoms with E-state index in [1.165, 1.54) is 19.1 Å². The number of rotatable bonds is 1. The molecule has 0 aromatic carbocycles. The predicted octanol–water partition coefficient (Wildman–Crippen LogP) is -0.165. The third-order valence-corrected chi connectivity index (χ3v) is 1.67. The van der Waals surface area contributed by atoms with Crippen LogP contribution in [-0.2, 0) is 9.59 Å². The highest BCUT2D eigenvalue weighted by Crippen LogP contribution is 2.20. The van der Waals surface area contributed by atoms with Crippen LogP contribution in [0.3, 0.4) is 0 Å². The van der Waals surface area contributed by atoms with Crippen LogP contribution in [-0.4, -0.2) is 22.3 Å². The van der Waals surface area contributed by atoms with Crippen molar-refractivity contribution >= 4 is 11.6 Å². The highest BCUT2D eigenvalue weighted by Gasteiger charge is 2.41. The van der Waals surface area contributed by atoms with Gasteiger partial charge in [0.15, 0.2) is 17.2 Å². The van der Waals surface area contributed by atoms with E-state index in [1.807, 2.05) is 0 Å². The zero-order valence-electron chi connectivity index (χ0n) is 5.63. The van der Waals surface area contributed by atoms with E-state index < -0.39 is 17.2 Å². The van der Waals surface area contributed by atoms with E-state index in [2.05, 4.69) is 0 Å². The summed E-state index contributed by atoms with van der Waals surface area (Å²) in [6, 6.07) is 0. The predicted molar refractivity (Wildman–Crippen MR) is 34.4 cm³/mol. The first kappa shape index (κ1) is 7.15. The van der Waals surface area contributed by atoms with Crippen molar-refractivity contribution in [3.63, 3.8) is 0 Å². The molecule has 10 heavy (non-hydrogen) atoms. The SMILES string of the molecule is CC(=O)[C@]1(O)CC=CC1=O. The van der Waals surface area contributed by atoms with Gasteiger partial charge in [-0.1, -0.05) is 6.08 Å². The number of carbonyl (C=O) groups is 2. The maximum absolute atomic E-state index is 10.8. The molecule has 0 heterocycles. The summed E-state index contributed by atoms with van der Waals surface area (Å²) in [5.74, 6) is -0.984. The number of Topliss-reactive ketones (excluding diaryl/α,β-unsaturated/α-hetero) is 1. The molecule has 0 saturated carbocycles. The minimum atomic E-state index is -1.74. The molecular formula is C7H8O3. The van der Waals surface area contributed by atoms with Crippen LogP contribution in [0.5, 0.6) is 0 Å². The van der Waals surface area contributed by atoms with E-state index in [4.69, 9.17) is 0 Å². The summed E-state index contributed by atoms with van der Waals surface area (Å²) < 4.78 is 0. The maximum Gasteiger partial charge on any atom is 0.194 e. The average molecular weight is 140 g/mol. The molecule has 1 aliphatic carbocycles. The zero-order chi connectivity index (χ0) is 7.78. The molecule has 3 nitrogen and oxygen atoms in total. The molecule has 0 aromatic heterocycles. The lowest BCUT2D eigenvalue weighted by molar-refractivity contribution is -0.144. The molecule has 0 radical (unpaired) electrons. The van der Waals surface area contributed by atoms with Crippen LogP contribution in [0.4, 0.5) is 0 Å². The Balaban J connectivity index is 2.91. The number of aliphatic hydroxyl groups is 1. The molecule has 0 aliphatic heterocycles. The molecule has 1 rings (SSSR count). The van der Waals surface area contributed by atoms with Gasteiger partial charge in [-0.15, -0.1) is 0 Å². The molecule has 0 unspecified atom stereocenters. The Morgan fingerprint density at radius 3 is 2.60 bits per heavy atom. The van der Waals surface area contributed by atoms with Gasteiger partial charge in [0.05, 0.1) is 0 Å². The summed E-state index contributed by atoms with van der Waals surface area (Å²) in [4.78, 5) is 21.4. The highest BCUT2D eigenvalue weighted by molar-refractivity contribution is 6.15. The Kier molecular flexibility index (Phi) is 1.45. The Morgan fingerprint density at radius 2 is 2.40 bits per heavy atom. The van der Waals surface area contributed by atoms with Gasteiger partial charge in [0.1, 0.15) is 0 Å². The summed E-state index contributed by atoms with van der Waals surface area (Å²) in [6.45, 7) is 1.21. The monoisotopic (exact) mass is 140 g/mol. The second-order valence-corrected chi connectivity index (χ2v) is 2.39. The summed E-state index contributed by atoms with van der Waals surface area (Å²) >= 11 is 0. The number of hydrogen-bond acceptors (Lipinski definition) is 3. The average Bonchev–Trinajstić information content (AvgIpc) is 2.15. The first-order valence-electron chi connectivity index (χ1n) is 3.02. The summed E-state index contributed by atoms with van der Waals surface area (Å²) in [7, 11) is 0. The lowest BCUT2D eigenvalue weighted by atomic mass is 9.96. The molecule has 3 heteroatoms. The largest absolute Gasteiger partial charge is 0.374 e. The molecule has 0 amide bonds.